The van der Waals surface area contributed by atoms with Crippen LogP contribution in [0.2, 0.25) is 0 Å². The summed E-state index contributed by atoms with van der Waals surface area (Å²) in [5.74, 6) is 2.08. The van der Waals surface area contributed by atoms with Gasteiger partial charge < -0.3 is 5.32 Å². The second kappa shape index (κ2) is 7.40. The van der Waals surface area contributed by atoms with Crippen molar-refractivity contribution in [1.29, 1.82) is 0 Å². The van der Waals surface area contributed by atoms with Crippen LogP contribution in [-0.2, 0) is 0 Å². The normalized spacial score (nSPS) is 14.4. The molecule has 86 valence electrons. The molecule has 0 bridgehead atoms. The van der Waals surface area contributed by atoms with E-state index in [0.717, 1.165) is 17.9 Å². The second-order valence-corrected chi connectivity index (χ2v) is 4.60. The molecule has 0 spiro atoms. The van der Waals surface area contributed by atoms with Crippen molar-refractivity contribution in [2.24, 2.45) is 0 Å². The van der Waals surface area contributed by atoms with Crippen molar-refractivity contribution in [3.63, 3.8) is 0 Å². The summed E-state index contributed by atoms with van der Waals surface area (Å²) < 4.78 is 35.3. The summed E-state index contributed by atoms with van der Waals surface area (Å²) in [6, 6.07) is 0.177. The molecule has 0 heterocycles. The number of thioether (sulfide) groups is 1. The lowest BCUT2D eigenvalue weighted by molar-refractivity contribution is -0.133. The number of hydrogen-bond acceptors (Lipinski definition) is 2. The molecule has 0 rings (SSSR count). The van der Waals surface area contributed by atoms with Crippen molar-refractivity contribution >= 4 is 11.8 Å². The third-order valence-electron chi connectivity index (χ3n) is 1.80. The van der Waals surface area contributed by atoms with Crippen molar-refractivity contribution in [1.82, 2.24) is 5.32 Å². The van der Waals surface area contributed by atoms with E-state index in [2.05, 4.69) is 12.2 Å². The quantitative estimate of drug-likeness (QED) is 0.673. The molecule has 0 aliphatic rings. The van der Waals surface area contributed by atoms with Gasteiger partial charge in [0.05, 0.1) is 6.42 Å². The van der Waals surface area contributed by atoms with Gasteiger partial charge >= 0.3 is 6.18 Å². The van der Waals surface area contributed by atoms with Crippen LogP contribution in [0.25, 0.3) is 0 Å². The second-order valence-electron chi connectivity index (χ2n) is 3.21. The molecule has 1 nitrogen and oxygen atoms in total. The fourth-order valence-corrected chi connectivity index (χ4v) is 1.78. The highest BCUT2D eigenvalue weighted by molar-refractivity contribution is 7.99. The molecular weight excluding hydrogens is 211 g/mol. The summed E-state index contributed by atoms with van der Waals surface area (Å²) in [7, 11) is 0. The Balaban J connectivity index is 3.31. The minimum absolute atomic E-state index is 0.0292. The molecule has 1 N–H and O–H groups in total. The standard InChI is InChI=1S/C9H18F3NS/c1-3-14-7-4-8(2)13-6-5-9(10,11)12/h8,13H,3-7H2,1-2H3. The van der Waals surface area contributed by atoms with E-state index in [-0.39, 0.29) is 12.6 Å². The van der Waals surface area contributed by atoms with Crippen LogP contribution in [0.4, 0.5) is 13.2 Å². The van der Waals surface area contributed by atoms with Gasteiger partial charge in [-0.25, -0.2) is 0 Å². The molecule has 0 aromatic heterocycles. The Hall–Kier alpha value is 0.100. The van der Waals surface area contributed by atoms with Crippen molar-refractivity contribution in [3.05, 3.63) is 0 Å². The van der Waals surface area contributed by atoms with Crippen LogP contribution in [0.1, 0.15) is 26.7 Å². The number of halogens is 3. The molecule has 5 heteroatoms. The van der Waals surface area contributed by atoms with Gasteiger partial charge in [0, 0.05) is 12.6 Å². The van der Waals surface area contributed by atoms with Crippen LogP contribution in [0, 0.1) is 0 Å². The average molecular weight is 229 g/mol. The summed E-state index contributed by atoms with van der Waals surface area (Å²) >= 11 is 1.81. The highest BCUT2D eigenvalue weighted by Gasteiger charge is 2.26. The lowest BCUT2D eigenvalue weighted by atomic mass is 10.2. The van der Waals surface area contributed by atoms with E-state index >= 15 is 0 Å². The van der Waals surface area contributed by atoms with Gasteiger partial charge in [-0.05, 0) is 24.9 Å². The first kappa shape index (κ1) is 14.1. The number of hydrogen-bond donors (Lipinski definition) is 1. The predicted molar refractivity (Wildman–Crippen MR) is 55.8 cm³/mol. The van der Waals surface area contributed by atoms with Crippen LogP contribution in [0.3, 0.4) is 0 Å². The third-order valence-corrected chi connectivity index (χ3v) is 2.73. The number of alkyl halides is 3. The van der Waals surface area contributed by atoms with Gasteiger partial charge in [-0.3, -0.25) is 0 Å². The minimum Gasteiger partial charge on any atom is -0.314 e. The van der Waals surface area contributed by atoms with Gasteiger partial charge in [0.25, 0.3) is 0 Å². The van der Waals surface area contributed by atoms with E-state index in [9.17, 15) is 13.2 Å². The molecule has 1 atom stereocenters. The molecule has 0 aliphatic heterocycles. The molecule has 14 heavy (non-hydrogen) atoms. The van der Waals surface area contributed by atoms with Crippen molar-refractivity contribution in [3.8, 4) is 0 Å². The minimum atomic E-state index is -4.04. The molecule has 0 saturated heterocycles. The average Bonchev–Trinajstić information content (AvgIpc) is 2.02. The fourth-order valence-electron chi connectivity index (χ4n) is 0.967. The molecule has 0 aromatic rings. The van der Waals surface area contributed by atoms with Gasteiger partial charge in [0.15, 0.2) is 0 Å². The van der Waals surface area contributed by atoms with Gasteiger partial charge in [-0.2, -0.15) is 24.9 Å². The van der Waals surface area contributed by atoms with Gasteiger partial charge in [-0.15, -0.1) is 0 Å². The lowest BCUT2D eigenvalue weighted by Gasteiger charge is -2.14. The van der Waals surface area contributed by atoms with E-state index in [1.165, 1.54) is 0 Å². The summed E-state index contributed by atoms with van der Waals surface area (Å²) in [5, 5.41) is 2.86. The molecule has 0 amide bonds. The van der Waals surface area contributed by atoms with E-state index in [1.807, 2.05) is 18.7 Å². The van der Waals surface area contributed by atoms with E-state index in [1.54, 1.807) is 0 Å². The van der Waals surface area contributed by atoms with E-state index in [4.69, 9.17) is 0 Å². The molecular formula is C9H18F3NS. The topological polar surface area (TPSA) is 12.0 Å². The van der Waals surface area contributed by atoms with E-state index < -0.39 is 12.6 Å². The van der Waals surface area contributed by atoms with Crippen molar-refractivity contribution < 1.29 is 13.2 Å². The third kappa shape index (κ3) is 10.2. The van der Waals surface area contributed by atoms with Crippen LogP contribution >= 0.6 is 11.8 Å². The number of nitrogens with one attached hydrogen (secondary N) is 1. The Labute approximate surface area is 87.8 Å². The predicted octanol–water partition coefficient (Wildman–Crippen LogP) is 3.06. The monoisotopic (exact) mass is 229 g/mol. The maximum absolute atomic E-state index is 11.8. The zero-order valence-corrected chi connectivity index (χ0v) is 9.47. The Bertz CT molecular complexity index is 139. The first-order chi connectivity index (χ1) is 6.45. The maximum Gasteiger partial charge on any atom is 0.390 e. The Morgan fingerprint density at radius 3 is 2.50 bits per heavy atom. The highest BCUT2D eigenvalue weighted by atomic mass is 32.2. The molecule has 0 saturated carbocycles. The van der Waals surface area contributed by atoms with Gasteiger partial charge in [0.2, 0.25) is 0 Å². The molecule has 0 aliphatic carbocycles. The highest BCUT2D eigenvalue weighted by Crippen LogP contribution is 2.18. The summed E-state index contributed by atoms with van der Waals surface area (Å²) in [6.45, 7) is 4.03. The van der Waals surface area contributed by atoms with Crippen LogP contribution in [0.5, 0.6) is 0 Å². The molecule has 1 unspecified atom stereocenters. The first-order valence-corrected chi connectivity index (χ1v) is 5.99. The maximum atomic E-state index is 11.8. The Morgan fingerprint density at radius 1 is 1.36 bits per heavy atom. The molecule has 0 radical (unpaired) electrons. The first-order valence-electron chi connectivity index (χ1n) is 4.83. The van der Waals surface area contributed by atoms with Crippen LogP contribution in [0.15, 0.2) is 0 Å². The van der Waals surface area contributed by atoms with Gasteiger partial charge in [-0.1, -0.05) is 6.92 Å². The van der Waals surface area contributed by atoms with Gasteiger partial charge in [0.1, 0.15) is 0 Å². The Morgan fingerprint density at radius 2 is 2.00 bits per heavy atom. The molecule has 0 aromatic carbocycles. The SMILES string of the molecule is CCSCCC(C)NCCC(F)(F)F. The van der Waals surface area contributed by atoms with Crippen molar-refractivity contribution in [2.75, 3.05) is 18.1 Å². The summed E-state index contributed by atoms with van der Waals surface area (Å²) in [6.07, 6.45) is -3.85. The van der Waals surface area contributed by atoms with Crippen LogP contribution < -0.4 is 5.32 Å². The smallest absolute Gasteiger partial charge is 0.314 e. The lowest BCUT2D eigenvalue weighted by Crippen LogP contribution is -2.30. The summed E-state index contributed by atoms with van der Waals surface area (Å²) in [4.78, 5) is 0. The fraction of sp³-hybridized carbons (Fsp3) is 1.00. The zero-order chi connectivity index (χ0) is 11.0. The summed E-state index contributed by atoms with van der Waals surface area (Å²) in [5.41, 5.74) is 0. The van der Waals surface area contributed by atoms with Crippen LogP contribution in [-0.4, -0.2) is 30.3 Å². The van der Waals surface area contributed by atoms with E-state index in [0.29, 0.717) is 0 Å². The Kier molecular flexibility index (Phi) is 7.45. The molecule has 0 fully saturated rings. The zero-order valence-electron chi connectivity index (χ0n) is 8.66. The number of rotatable bonds is 7. The largest absolute Gasteiger partial charge is 0.390 e. The van der Waals surface area contributed by atoms with Crippen molar-refractivity contribution in [2.45, 2.75) is 38.9 Å².